The van der Waals surface area contributed by atoms with Gasteiger partial charge >= 0.3 is 0 Å². The molecule has 1 fully saturated rings. The van der Waals surface area contributed by atoms with Gasteiger partial charge < -0.3 is 5.11 Å². The molecule has 6 heteroatoms. The maximum atomic E-state index is 13.2. The van der Waals surface area contributed by atoms with E-state index in [1.54, 1.807) is 13.8 Å². The van der Waals surface area contributed by atoms with Crippen molar-refractivity contribution >= 4 is 10.0 Å². The monoisotopic (exact) mass is 273 g/mol. The molecule has 0 saturated carbocycles. The van der Waals surface area contributed by atoms with Crippen LogP contribution in [0.4, 0.5) is 4.39 Å². The summed E-state index contributed by atoms with van der Waals surface area (Å²) in [4.78, 5) is 0.181. The van der Waals surface area contributed by atoms with Crippen molar-refractivity contribution in [2.75, 3.05) is 19.7 Å². The van der Waals surface area contributed by atoms with Crippen LogP contribution >= 0.6 is 0 Å². The molecule has 0 atom stereocenters. The molecular weight excluding hydrogens is 257 g/mol. The summed E-state index contributed by atoms with van der Waals surface area (Å²) in [5.74, 6) is -0.415. The molecule has 2 rings (SSSR count). The summed E-state index contributed by atoms with van der Waals surface area (Å²) in [6, 6.07) is 2.45. The van der Waals surface area contributed by atoms with Crippen molar-refractivity contribution in [1.29, 1.82) is 0 Å². The zero-order chi connectivity index (χ0) is 13.5. The van der Waals surface area contributed by atoms with E-state index in [1.807, 2.05) is 0 Å². The van der Waals surface area contributed by atoms with E-state index < -0.39 is 15.8 Å². The molecule has 0 bridgehead atoms. The fraction of sp³-hybridized carbons (Fsp3) is 0.500. The van der Waals surface area contributed by atoms with Gasteiger partial charge in [0, 0.05) is 25.6 Å². The molecule has 0 aromatic heterocycles. The first-order valence-electron chi connectivity index (χ1n) is 5.74. The fourth-order valence-corrected chi connectivity index (χ4v) is 4.27. The molecule has 0 spiro atoms. The minimum Gasteiger partial charge on any atom is -0.396 e. The second-order valence-electron chi connectivity index (χ2n) is 4.74. The Labute approximate surface area is 106 Å². The van der Waals surface area contributed by atoms with Gasteiger partial charge in [0.25, 0.3) is 0 Å². The maximum absolute atomic E-state index is 13.2. The molecule has 1 N–H and O–H groups in total. The summed E-state index contributed by atoms with van der Waals surface area (Å²) < 4.78 is 39.2. The predicted molar refractivity (Wildman–Crippen MR) is 65.2 cm³/mol. The SMILES string of the molecule is Cc1cc(F)cc(C)c1S(=O)(=O)N1CC(CO)C1. The molecule has 0 unspecified atom stereocenters. The zero-order valence-electron chi connectivity index (χ0n) is 10.4. The lowest BCUT2D eigenvalue weighted by atomic mass is 10.1. The van der Waals surface area contributed by atoms with Crippen molar-refractivity contribution in [1.82, 2.24) is 4.31 Å². The van der Waals surface area contributed by atoms with Gasteiger partial charge in [0.05, 0.1) is 4.90 Å². The molecule has 1 aliphatic rings. The number of rotatable bonds is 3. The lowest BCUT2D eigenvalue weighted by Crippen LogP contribution is -2.51. The van der Waals surface area contributed by atoms with Crippen molar-refractivity contribution < 1.29 is 17.9 Å². The van der Waals surface area contributed by atoms with E-state index in [0.717, 1.165) is 0 Å². The van der Waals surface area contributed by atoms with E-state index in [9.17, 15) is 12.8 Å². The highest BCUT2D eigenvalue weighted by Crippen LogP contribution is 2.29. The molecule has 1 saturated heterocycles. The highest BCUT2D eigenvalue weighted by atomic mass is 32.2. The number of aliphatic hydroxyl groups is 1. The minimum absolute atomic E-state index is 0.00655. The van der Waals surface area contributed by atoms with Gasteiger partial charge in [0.2, 0.25) is 10.0 Å². The number of nitrogens with zero attached hydrogens (tertiary/aromatic N) is 1. The maximum Gasteiger partial charge on any atom is 0.243 e. The standard InChI is InChI=1S/C12H16FNO3S/c1-8-3-11(13)4-9(2)12(8)18(16,17)14-5-10(6-14)7-15/h3-4,10,15H,5-7H2,1-2H3. The Kier molecular flexibility index (Phi) is 3.44. The van der Waals surface area contributed by atoms with Crippen LogP contribution in [0.3, 0.4) is 0 Å². The van der Waals surface area contributed by atoms with E-state index in [4.69, 9.17) is 5.11 Å². The molecule has 0 aliphatic carbocycles. The molecule has 0 amide bonds. The van der Waals surface area contributed by atoms with Crippen molar-refractivity contribution in [2.24, 2.45) is 5.92 Å². The molecule has 4 nitrogen and oxygen atoms in total. The Morgan fingerprint density at radius 3 is 2.28 bits per heavy atom. The number of aryl methyl sites for hydroxylation is 2. The molecule has 18 heavy (non-hydrogen) atoms. The second-order valence-corrected chi connectivity index (χ2v) is 6.61. The van der Waals surface area contributed by atoms with Gasteiger partial charge in [-0.15, -0.1) is 0 Å². The van der Waals surface area contributed by atoms with Gasteiger partial charge in [-0.2, -0.15) is 4.31 Å². The van der Waals surface area contributed by atoms with Gasteiger partial charge in [-0.05, 0) is 37.1 Å². The molecule has 0 radical (unpaired) electrons. The van der Waals surface area contributed by atoms with Crippen molar-refractivity contribution in [3.05, 3.63) is 29.1 Å². The van der Waals surface area contributed by atoms with E-state index in [-0.39, 0.29) is 17.4 Å². The largest absolute Gasteiger partial charge is 0.396 e. The Hall–Kier alpha value is -0.980. The highest BCUT2D eigenvalue weighted by molar-refractivity contribution is 7.89. The van der Waals surface area contributed by atoms with E-state index >= 15 is 0 Å². The number of halogens is 1. The number of hydrogen-bond donors (Lipinski definition) is 1. The molecule has 1 heterocycles. The smallest absolute Gasteiger partial charge is 0.243 e. The third-order valence-electron chi connectivity index (χ3n) is 3.20. The lowest BCUT2D eigenvalue weighted by Gasteiger charge is -2.37. The van der Waals surface area contributed by atoms with Gasteiger partial charge in [0.15, 0.2) is 0 Å². The van der Waals surface area contributed by atoms with Crippen LogP contribution in [0.15, 0.2) is 17.0 Å². The first-order valence-corrected chi connectivity index (χ1v) is 7.18. The topological polar surface area (TPSA) is 57.6 Å². The average Bonchev–Trinajstić information content (AvgIpc) is 2.12. The summed E-state index contributed by atoms with van der Waals surface area (Å²) in [5.41, 5.74) is 0.833. The van der Waals surface area contributed by atoms with Gasteiger partial charge in [0.1, 0.15) is 5.82 Å². The summed E-state index contributed by atoms with van der Waals surface area (Å²) in [5, 5.41) is 8.91. The Bertz CT molecular complexity index is 542. The third kappa shape index (κ3) is 2.15. The summed E-state index contributed by atoms with van der Waals surface area (Å²) in [6.07, 6.45) is 0. The van der Waals surface area contributed by atoms with Crippen LogP contribution in [0.5, 0.6) is 0 Å². The third-order valence-corrected chi connectivity index (χ3v) is 5.34. The quantitative estimate of drug-likeness (QED) is 0.895. The zero-order valence-corrected chi connectivity index (χ0v) is 11.2. The van der Waals surface area contributed by atoms with Crippen LogP contribution in [-0.2, 0) is 10.0 Å². The summed E-state index contributed by atoms with van der Waals surface area (Å²) in [7, 11) is -3.57. The molecule has 1 aromatic carbocycles. The van der Waals surface area contributed by atoms with Crippen molar-refractivity contribution in [2.45, 2.75) is 18.7 Å². The van der Waals surface area contributed by atoms with E-state index in [1.165, 1.54) is 16.4 Å². The lowest BCUT2D eigenvalue weighted by molar-refractivity contribution is 0.117. The van der Waals surface area contributed by atoms with Gasteiger partial charge in [-0.25, -0.2) is 12.8 Å². The Morgan fingerprint density at radius 2 is 1.83 bits per heavy atom. The van der Waals surface area contributed by atoms with Crippen molar-refractivity contribution in [3.8, 4) is 0 Å². The highest BCUT2D eigenvalue weighted by Gasteiger charge is 2.37. The van der Waals surface area contributed by atoms with Crippen LogP contribution < -0.4 is 0 Å². The summed E-state index contributed by atoms with van der Waals surface area (Å²) in [6.45, 7) is 3.83. The average molecular weight is 273 g/mol. The van der Waals surface area contributed by atoms with Crippen molar-refractivity contribution in [3.63, 3.8) is 0 Å². The van der Waals surface area contributed by atoms with Crippen LogP contribution in [0.1, 0.15) is 11.1 Å². The molecule has 100 valence electrons. The van der Waals surface area contributed by atoms with E-state index in [0.29, 0.717) is 24.2 Å². The van der Waals surface area contributed by atoms with Crippen LogP contribution in [0.25, 0.3) is 0 Å². The predicted octanol–water partition coefficient (Wildman–Crippen LogP) is 1.06. The fourth-order valence-electron chi connectivity index (χ4n) is 2.27. The van der Waals surface area contributed by atoms with Crippen LogP contribution in [0, 0.1) is 25.6 Å². The Balaban J connectivity index is 2.37. The first-order chi connectivity index (χ1) is 8.36. The second kappa shape index (κ2) is 4.60. The van der Waals surface area contributed by atoms with Gasteiger partial charge in [-0.3, -0.25) is 0 Å². The number of sulfonamides is 1. The number of hydrogen-bond acceptors (Lipinski definition) is 3. The molecular formula is C12H16FNO3S. The Morgan fingerprint density at radius 1 is 1.33 bits per heavy atom. The summed E-state index contributed by atoms with van der Waals surface area (Å²) >= 11 is 0. The first kappa shape index (κ1) is 13.5. The number of benzene rings is 1. The molecule has 1 aliphatic heterocycles. The van der Waals surface area contributed by atoms with Crippen LogP contribution in [-0.4, -0.2) is 37.5 Å². The normalized spacial score (nSPS) is 17.8. The number of aliphatic hydroxyl groups excluding tert-OH is 1. The van der Waals surface area contributed by atoms with E-state index in [2.05, 4.69) is 0 Å². The minimum atomic E-state index is -3.57. The molecule has 1 aromatic rings. The van der Waals surface area contributed by atoms with Crippen LogP contribution in [0.2, 0.25) is 0 Å². The van der Waals surface area contributed by atoms with Gasteiger partial charge in [-0.1, -0.05) is 0 Å².